The molecule has 0 radical (unpaired) electrons. The highest BCUT2D eigenvalue weighted by molar-refractivity contribution is 5.78. The van der Waals surface area contributed by atoms with Gasteiger partial charge in [0.2, 0.25) is 5.91 Å². The van der Waals surface area contributed by atoms with Gasteiger partial charge in [0.25, 0.3) is 0 Å². The molecule has 3 rings (SSSR count). The number of aliphatic hydroxyl groups is 1. The number of aryl methyl sites for hydroxylation is 1. The molecular formula is C17H27N3O3. The summed E-state index contributed by atoms with van der Waals surface area (Å²) in [4.78, 5) is 16.5. The summed E-state index contributed by atoms with van der Waals surface area (Å²) >= 11 is 0. The third-order valence-electron chi connectivity index (χ3n) is 5.23. The molecule has 2 atom stereocenters. The Kier molecular flexibility index (Phi) is 5.02. The molecule has 1 aromatic heterocycles. The Morgan fingerprint density at radius 2 is 2.17 bits per heavy atom. The minimum Gasteiger partial charge on any atom is -0.391 e. The molecular weight excluding hydrogens is 294 g/mol. The first kappa shape index (κ1) is 16.5. The van der Waals surface area contributed by atoms with E-state index in [4.69, 9.17) is 4.52 Å². The van der Waals surface area contributed by atoms with Crippen molar-refractivity contribution in [3.05, 3.63) is 17.5 Å². The summed E-state index contributed by atoms with van der Waals surface area (Å²) < 4.78 is 5.23. The molecule has 23 heavy (non-hydrogen) atoms. The number of likely N-dealkylation sites (N-methyl/N-ethyl adjacent to an activating group) is 1. The summed E-state index contributed by atoms with van der Waals surface area (Å²) in [7, 11) is 2.04. The third-order valence-corrected chi connectivity index (χ3v) is 5.23. The Morgan fingerprint density at radius 1 is 1.43 bits per heavy atom. The Morgan fingerprint density at radius 3 is 2.83 bits per heavy atom. The predicted octanol–water partition coefficient (Wildman–Crippen LogP) is 1.22. The van der Waals surface area contributed by atoms with Crippen LogP contribution in [-0.4, -0.2) is 64.8 Å². The lowest BCUT2D eigenvalue weighted by Crippen LogP contribution is -2.41. The number of rotatable bonds is 5. The van der Waals surface area contributed by atoms with Crippen molar-refractivity contribution in [2.75, 3.05) is 26.7 Å². The molecule has 2 heterocycles. The average Bonchev–Trinajstić information content (AvgIpc) is 3.22. The molecule has 1 saturated carbocycles. The van der Waals surface area contributed by atoms with Crippen LogP contribution in [0.15, 0.2) is 10.6 Å². The van der Waals surface area contributed by atoms with Crippen LogP contribution in [0.4, 0.5) is 0 Å². The number of nitrogens with zero attached hydrogens (tertiary/aromatic N) is 3. The van der Waals surface area contributed by atoms with Gasteiger partial charge >= 0.3 is 0 Å². The monoisotopic (exact) mass is 321 g/mol. The van der Waals surface area contributed by atoms with Crippen LogP contribution >= 0.6 is 0 Å². The van der Waals surface area contributed by atoms with Crippen molar-refractivity contribution in [2.24, 2.45) is 5.92 Å². The molecule has 1 aliphatic carbocycles. The highest BCUT2D eigenvalue weighted by atomic mass is 16.5. The minimum atomic E-state index is -0.485. The van der Waals surface area contributed by atoms with Crippen LogP contribution in [0.2, 0.25) is 0 Å². The molecule has 0 spiro atoms. The summed E-state index contributed by atoms with van der Waals surface area (Å²) in [5, 5.41) is 14.1. The molecule has 1 aliphatic heterocycles. The second-order valence-corrected chi connectivity index (χ2v) is 7.12. The fraction of sp³-hybridized carbons (Fsp3) is 0.765. The van der Waals surface area contributed by atoms with Crippen LogP contribution in [0.1, 0.15) is 37.1 Å². The van der Waals surface area contributed by atoms with Gasteiger partial charge in [-0.15, -0.1) is 0 Å². The van der Waals surface area contributed by atoms with Crippen molar-refractivity contribution in [1.29, 1.82) is 0 Å². The van der Waals surface area contributed by atoms with Crippen molar-refractivity contribution in [3.63, 3.8) is 0 Å². The van der Waals surface area contributed by atoms with E-state index in [0.717, 1.165) is 11.5 Å². The third kappa shape index (κ3) is 3.93. The molecule has 2 aliphatic rings. The number of aliphatic hydroxyl groups excluding tert-OH is 1. The molecule has 2 unspecified atom stereocenters. The van der Waals surface area contributed by atoms with Crippen molar-refractivity contribution >= 4 is 5.91 Å². The maximum absolute atomic E-state index is 12.5. The summed E-state index contributed by atoms with van der Waals surface area (Å²) in [6, 6.07) is 2.44. The lowest BCUT2D eigenvalue weighted by atomic mass is 10.0. The molecule has 0 aromatic carbocycles. The van der Waals surface area contributed by atoms with Gasteiger partial charge in [-0.3, -0.25) is 9.69 Å². The lowest BCUT2D eigenvalue weighted by molar-refractivity contribution is -0.132. The van der Waals surface area contributed by atoms with E-state index in [1.807, 2.05) is 20.0 Å². The maximum Gasteiger partial charge on any atom is 0.236 e. The number of aromatic nitrogens is 1. The highest BCUT2D eigenvalue weighted by Crippen LogP contribution is 2.24. The van der Waals surface area contributed by atoms with Crippen LogP contribution in [-0.2, 0) is 11.2 Å². The number of carbonyl (C=O) groups is 1. The maximum atomic E-state index is 12.5. The van der Waals surface area contributed by atoms with Crippen molar-refractivity contribution in [3.8, 4) is 0 Å². The number of amides is 1. The summed E-state index contributed by atoms with van der Waals surface area (Å²) in [5.41, 5.74) is 0.846. The zero-order valence-electron chi connectivity index (χ0n) is 14.1. The molecule has 1 N–H and O–H groups in total. The molecule has 128 valence electrons. The Hall–Kier alpha value is -1.40. The van der Waals surface area contributed by atoms with Gasteiger partial charge < -0.3 is 14.5 Å². The van der Waals surface area contributed by atoms with E-state index in [9.17, 15) is 9.90 Å². The van der Waals surface area contributed by atoms with Gasteiger partial charge in [-0.2, -0.15) is 0 Å². The number of carbonyl (C=O) groups excluding carboxylic acids is 1. The zero-order valence-corrected chi connectivity index (χ0v) is 14.1. The summed E-state index contributed by atoms with van der Waals surface area (Å²) in [5.74, 6) is 0.932. The Balaban J connectivity index is 1.51. The second kappa shape index (κ2) is 7.01. The van der Waals surface area contributed by atoms with E-state index < -0.39 is 6.10 Å². The molecule has 0 bridgehead atoms. The largest absolute Gasteiger partial charge is 0.391 e. The van der Waals surface area contributed by atoms with Crippen molar-refractivity contribution in [1.82, 2.24) is 15.0 Å². The first-order valence-electron chi connectivity index (χ1n) is 8.61. The highest BCUT2D eigenvalue weighted by Gasteiger charge is 2.35. The first-order chi connectivity index (χ1) is 11.0. The van der Waals surface area contributed by atoms with Gasteiger partial charge in [0.1, 0.15) is 5.76 Å². The average molecular weight is 321 g/mol. The minimum absolute atomic E-state index is 0.0306. The van der Waals surface area contributed by atoms with Crippen LogP contribution in [0, 0.1) is 12.8 Å². The van der Waals surface area contributed by atoms with E-state index in [1.54, 1.807) is 4.90 Å². The van der Waals surface area contributed by atoms with Gasteiger partial charge in [0.15, 0.2) is 0 Å². The fourth-order valence-electron chi connectivity index (χ4n) is 3.82. The molecule has 6 nitrogen and oxygen atoms in total. The molecule has 1 aromatic rings. The smallest absolute Gasteiger partial charge is 0.236 e. The number of likely N-dealkylation sites (tertiary alicyclic amines) is 1. The van der Waals surface area contributed by atoms with E-state index in [1.165, 1.54) is 25.7 Å². The standard InChI is InChI=1S/C17H27N3O3/c1-12-7-15(23-18-12)8-13-9-20(10-16(13)21)17(22)11-19(2)14-5-3-4-6-14/h7,13-14,16,21H,3-6,8-11H2,1-2H3. The lowest BCUT2D eigenvalue weighted by Gasteiger charge is -2.26. The second-order valence-electron chi connectivity index (χ2n) is 7.12. The van der Waals surface area contributed by atoms with E-state index in [0.29, 0.717) is 32.1 Å². The topological polar surface area (TPSA) is 69.8 Å². The van der Waals surface area contributed by atoms with Crippen LogP contribution < -0.4 is 0 Å². The first-order valence-corrected chi connectivity index (χ1v) is 8.61. The van der Waals surface area contributed by atoms with E-state index in [-0.39, 0.29) is 11.8 Å². The van der Waals surface area contributed by atoms with Gasteiger partial charge in [-0.25, -0.2) is 0 Å². The molecule has 1 amide bonds. The van der Waals surface area contributed by atoms with Gasteiger partial charge in [-0.1, -0.05) is 18.0 Å². The predicted molar refractivity (Wildman–Crippen MR) is 85.9 cm³/mol. The van der Waals surface area contributed by atoms with E-state index >= 15 is 0 Å². The SMILES string of the molecule is Cc1cc(CC2CN(C(=O)CN(C)C3CCCC3)CC2O)on1. The van der Waals surface area contributed by atoms with Crippen molar-refractivity contribution in [2.45, 2.75) is 51.2 Å². The molecule has 6 heteroatoms. The Labute approximate surface area is 137 Å². The van der Waals surface area contributed by atoms with Crippen molar-refractivity contribution < 1.29 is 14.4 Å². The van der Waals surface area contributed by atoms with Crippen LogP contribution in [0.3, 0.4) is 0 Å². The summed E-state index contributed by atoms with van der Waals surface area (Å²) in [6.45, 7) is 3.35. The normalized spacial score (nSPS) is 25.7. The van der Waals surface area contributed by atoms with Crippen LogP contribution in [0.25, 0.3) is 0 Å². The van der Waals surface area contributed by atoms with Crippen LogP contribution in [0.5, 0.6) is 0 Å². The van der Waals surface area contributed by atoms with Gasteiger partial charge in [0.05, 0.1) is 18.3 Å². The fourth-order valence-corrected chi connectivity index (χ4v) is 3.82. The number of hydrogen-bond donors (Lipinski definition) is 1. The van der Waals surface area contributed by atoms with Gasteiger partial charge in [0, 0.05) is 37.5 Å². The molecule has 1 saturated heterocycles. The quantitative estimate of drug-likeness (QED) is 0.883. The number of hydrogen-bond acceptors (Lipinski definition) is 5. The summed E-state index contributed by atoms with van der Waals surface area (Å²) in [6.07, 6.45) is 5.07. The molecule has 2 fully saturated rings. The Bertz CT molecular complexity index is 539. The van der Waals surface area contributed by atoms with E-state index in [2.05, 4.69) is 10.1 Å². The zero-order chi connectivity index (χ0) is 16.4. The number of β-amino-alcohol motifs (C(OH)–C–C–N with tert-alkyl or cyclic N) is 1. The van der Waals surface area contributed by atoms with Gasteiger partial charge in [-0.05, 0) is 26.8 Å².